The van der Waals surface area contributed by atoms with Crippen molar-refractivity contribution in [3.8, 4) is 0 Å². The molecule has 0 saturated carbocycles. The van der Waals surface area contributed by atoms with Gasteiger partial charge in [0.15, 0.2) is 0 Å². The Morgan fingerprint density at radius 1 is 0.529 bits per heavy atom. The zero-order valence-electron chi connectivity index (χ0n) is 13.3. The molecule has 0 aromatic rings. The standard InChI is InChI=1S/C16H34O/c1-11(2)15(12(3)4)9-17-10-16(13(5)6)14(7)8/h11-16H,9-10H2,1-8H3. The van der Waals surface area contributed by atoms with E-state index in [4.69, 9.17) is 4.74 Å². The summed E-state index contributed by atoms with van der Waals surface area (Å²) in [6.45, 7) is 20.3. The third kappa shape index (κ3) is 6.45. The van der Waals surface area contributed by atoms with Crippen LogP contribution in [0.3, 0.4) is 0 Å². The third-order valence-corrected chi connectivity index (χ3v) is 4.05. The van der Waals surface area contributed by atoms with Gasteiger partial charge in [0, 0.05) is 13.2 Å². The SMILES string of the molecule is CC(C)C(COCC(C(C)C)C(C)C)C(C)C. The zero-order valence-corrected chi connectivity index (χ0v) is 13.3. The highest BCUT2D eigenvalue weighted by Crippen LogP contribution is 2.24. The molecule has 0 bridgehead atoms. The number of ether oxygens (including phenoxy) is 1. The third-order valence-electron chi connectivity index (χ3n) is 4.05. The molecule has 104 valence electrons. The van der Waals surface area contributed by atoms with E-state index in [-0.39, 0.29) is 0 Å². The summed E-state index contributed by atoms with van der Waals surface area (Å²) < 4.78 is 6.00. The fourth-order valence-corrected chi connectivity index (χ4v) is 2.65. The average molecular weight is 242 g/mol. The first-order chi connectivity index (χ1) is 7.77. The van der Waals surface area contributed by atoms with E-state index < -0.39 is 0 Å². The van der Waals surface area contributed by atoms with E-state index in [1.807, 2.05) is 0 Å². The largest absolute Gasteiger partial charge is 0.381 e. The first-order valence-corrected chi connectivity index (χ1v) is 7.35. The average Bonchev–Trinajstić information content (AvgIpc) is 2.14. The molecule has 0 saturated heterocycles. The van der Waals surface area contributed by atoms with Gasteiger partial charge in [0.1, 0.15) is 0 Å². The van der Waals surface area contributed by atoms with Crippen LogP contribution in [0, 0.1) is 35.5 Å². The van der Waals surface area contributed by atoms with Gasteiger partial charge in [0.05, 0.1) is 0 Å². The lowest BCUT2D eigenvalue weighted by Crippen LogP contribution is -2.26. The van der Waals surface area contributed by atoms with Gasteiger partial charge >= 0.3 is 0 Å². The minimum atomic E-state index is 0.690. The molecule has 0 N–H and O–H groups in total. The van der Waals surface area contributed by atoms with E-state index in [9.17, 15) is 0 Å². The molecule has 0 spiro atoms. The monoisotopic (exact) mass is 242 g/mol. The van der Waals surface area contributed by atoms with Crippen molar-refractivity contribution in [1.82, 2.24) is 0 Å². The second kappa shape index (κ2) is 8.13. The van der Waals surface area contributed by atoms with Crippen LogP contribution in [0.1, 0.15) is 55.4 Å². The maximum Gasteiger partial charge on any atom is 0.0499 e. The Hall–Kier alpha value is -0.0400. The molecule has 0 heterocycles. The van der Waals surface area contributed by atoms with Gasteiger partial charge in [-0.1, -0.05) is 55.4 Å². The second-order valence-electron chi connectivity index (χ2n) is 6.84. The molecule has 0 atom stereocenters. The highest BCUT2D eigenvalue weighted by atomic mass is 16.5. The normalized spacial score (nSPS) is 13.1. The summed E-state index contributed by atoms with van der Waals surface area (Å²) in [5.74, 6) is 4.24. The first-order valence-electron chi connectivity index (χ1n) is 7.35. The Kier molecular flexibility index (Phi) is 8.11. The van der Waals surface area contributed by atoms with Gasteiger partial charge in [0.25, 0.3) is 0 Å². The van der Waals surface area contributed by atoms with Gasteiger partial charge in [-0.15, -0.1) is 0 Å². The molecule has 0 fully saturated rings. The number of rotatable bonds is 8. The lowest BCUT2D eigenvalue weighted by Gasteiger charge is -2.28. The molecule has 0 aromatic heterocycles. The van der Waals surface area contributed by atoms with E-state index in [0.717, 1.165) is 13.2 Å². The van der Waals surface area contributed by atoms with Crippen LogP contribution in [-0.2, 0) is 4.74 Å². The molecule has 17 heavy (non-hydrogen) atoms. The van der Waals surface area contributed by atoms with E-state index in [0.29, 0.717) is 35.5 Å². The minimum absolute atomic E-state index is 0.690. The molecule has 0 aliphatic rings. The Labute approximate surface area is 109 Å². The number of hydrogen-bond donors (Lipinski definition) is 0. The van der Waals surface area contributed by atoms with Crippen LogP contribution in [0.4, 0.5) is 0 Å². The second-order valence-corrected chi connectivity index (χ2v) is 6.84. The van der Waals surface area contributed by atoms with Gasteiger partial charge in [-0.25, -0.2) is 0 Å². The van der Waals surface area contributed by atoms with Crippen molar-refractivity contribution in [2.45, 2.75) is 55.4 Å². The van der Waals surface area contributed by atoms with Gasteiger partial charge in [0.2, 0.25) is 0 Å². The van der Waals surface area contributed by atoms with Gasteiger partial charge < -0.3 is 4.74 Å². The van der Waals surface area contributed by atoms with Gasteiger partial charge in [-0.3, -0.25) is 0 Å². The predicted molar refractivity (Wildman–Crippen MR) is 77.2 cm³/mol. The molecule has 0 unspecified atom stereocenters. The van der Waals surface area contributed by atoms with Crippen LogP contribution >= 0.6 is 0 Å². The van der Waals surface area contributed by atoms with Crippen molar-refractivity contribution in [1.29, 1.82) is 0 Å². The van der Waals surface area contributed by atoms with Crippen molar-refractivity contribution in [3.63, 3.8) is 0 Å². The Balaban J connectivity index is 4.10. The Morgan fingerprint density at radius 3 is 0.941 bits per heavy atom. The fraction of sp³-hybridized carbons (Fsp3) is 1.00. The van der Waals surface area contributed by atoms with Crippen LogP contribution in [0.5, 0.6) is 0 Å². The van der Waals surface area contributed by atoms with Crippen LogP contribution in [0.25, 0.3) is 0 Å². The van der Waals surface area contributed by atoms with Crippen molar-refractivity contribution >= 4 is 0 Å². The van der Waals surface area contributed by atoms with Crippen molar-refractivity contribution in [2.24, 2.45) is 35.5 Å². The lowest BCUT2D eigenvalue weighted by atomic mass is 9.85. The fourth-order valence-electron chi connectivity index (χ4n) is 2.65. The zero-order chi connectivity index (χ0) is 13.6. The summed E-state index contributed by atoms with van der Waals surface area (Å²) in [4.78, 5) is 0. The summed E-state index contributed by atoms with van der Waals surface area (Å²) >= 11 is 0. The Bertz CT molecular complexity index is 146. The van der Waals surface area contributed by atoms with E-state index >= 15 is 0 Å². The van der Waals surface area contributed by atoms with Crippen molar-refractivity contribution in [3.05, 3.63) is 0 Å². The minimum Gasteiger partial charge on any atom is -0.381 e. The molecule has 1 nitrogen and oxygen atoms in total. The maximum absolute atomic E-state index is 6.00. The maximum atomic E-state index is 6.00. The van der Waals surface area contributed by atoms with Gasteiger partial charge in [-0.05, 0) is 35.5 Å². The molecule has 0 radical (unpaired) electrons. The van der Waals surface area contributed by atoms with E-state index in [2.05, 4.69) is 55.4 Å². The van der Waals surface area contributed by atoms with E-state index in [1.54, 1.807) is 0 Å². The topological polar surface area (TPSA) is 9.23 Å². The lowest BCUT2D eigenvalue weighted by molar-refractivity contribution is 0.0210. The van der Waals surface area contributed by atoms with Crippen LogP contribution in [0.15, 0.2) is 0 Å². The molecule has 0 amide bonds. The Morgan fingerprint density at radius 2 is 0.765 bits per heavy atom. The summed E-state index contributed by atoms with van der Waals surface area (Å²) in [5, 5.41) is 0. The molecule has 0 aromatic carbocycles. The molecule has 0 aliphatic carbocycles. The molecule has 0 rings (SSSR count). The summed E-state index contributed by atoms with van der Waals surface area (Å²) in [6.07, 6.45) is 0. The van der Waals surface area contributed by atoms with Crippen LogP contribution in [-0.4, -0.2) is 13.2 Å². The van der Waals surface area contributed by atoms with E-state index in [1.165, 1.54) is 0 Å². The van der Waals surface area contributed by atoms with Crippen LogP contribution in [0.2, 0.25) is 0 Å². The molecular weight excluding hydrogens is 208 g/mol. The molecule has 1 heteroatoms. The highest BCUT2D eigenvalue weighted by Gasteiger charge is 2.21. The summed E-state index contributed by atoms with van der Waals surface area (Å²) in [7, 11) is 0. The highest BCUT2D eigenvalue weighted by molar-refractivity contribution is 4.69. The van der Waals surface area contributed by atoms with Crippen molar-refractivity contribution in [2.75, 3.05) is 13.2 Å². The molecular formula is C16H34O. The number of hydrogen-bond acceptors (Lipinski definition) is 1. The predicted octanol–water partition coefficient (Wildman–Crippen LogP) is 4.86. The summed E-state index contributed by atoms with van der Waals surface area (Å²) in [6, 6.07) is 0. The quantitative estimate of drug-likeness (QED) is 0.590. The smallest absolute Gasteiger partial charge is 0.0499 e. The summed E-state index contributed by atoms with van der Waals surface area (Å²) in [5.41, 5.74) is 0. The van der Waals surface area contributed by atoms with Crippen LogP contribution < -0.4 is 0 Å². The van der Waals surface area contributed by atoms with Crippen molar-refractivity contribution < 1.29 is 4.74 Å². The van der Waals surface area contributed by atoms with Gasteiger partial charge in [-0.2, -0.15) is 0 Å². The molecule has 0 aliphatic heterocycles. The first kappa shape index (κ1) is 17.0.